The Morgan fingerprint density at radius 1 is 1.40 bits per heavy atom. The molecule has 0 saturated carbocycles. The fraction of sp³-hybridized carbons (Fsp3) is 0.500. The first-order chi connectivity index (χ1) is 7.22. The van der Waals surface area contributed by atoms with Crippen molar-refractivity contribution < 1.29 is 4.74 Å². The average Bonchev–Trinajstić information content (AvgIpc) is 2.27. The number of hydrogen-bond acceptors (Lipinski definition) is 3. The van der Waals surface area contributed by atoms with E-state index in [0.29, 0.717) is 6.04 Å². The maximum atomic E-state index is 5.23. The first-order valence-electron chi connectivity index (χ1n) is 5.26. The van der Waals surface area contributed by atoms with Gasteiger partial charge in [-0.05, 0) is 37.4 Å². The van der Waals surface area contributed by atoms with E-state index in [1.165, 1.54) is 11.1 Å². The number of fused-ring (bicyclic) bond motifs is 1. The summed E-state index contributed by atoms with van der Waals surface area (Å²) in [6, 6.07) is 6.82. The van der Waals surface area contributed by atoms with Crippen molar-refractivity contribution in [3.63, 3.8) is 0 Å². The van der Waals surface area contributed by atoms with Gasteiger partial charge in [0.05, 0.1) is 7.11 Å². The lowest BCUT2D eigenvalue weighted by Gasteiger charge is -2.31. The second-order valence-electron chi connectivity index (χ2n) is 4.18. The molecular formula is C12H18N2O. The number of rotatable bonds is 2. The molecular weight excluding hydrogens is 188 g/mol. The van der Waals surface area contributed by atoms with Crippen molar-refractivity contribution >= 4 is 0 Å². The van der Waals surface area contributed by atoms with Crippen LogP contribution in [0, 0.1) is 0 Å². The van der Waals surface area contributed by atoms with Crippen LogP contribution in [0.1, 0.15) is 17.2 Å². The van der Waals surface area contributed by atoms with E-state index in [0.717, 1.165) is 18.8 Å². The molecule has 1 aromatic rings. The number of likely N-dealkylation sites (N-methyl/N-ethyl adjacent to an activating group) is 1. The van der Waals surface area contributed by atoms with Gasteiger partial charge in [0.25, 0.3) is 0 Å². The number of nitrogens with zero attached hydrogens (tertiary/aromatic N) is 1. The Morgan fingerprint density at radius 3 is 2.87 bits per heavy atom. The van der Waals surface area contributed by atoms with E-state index >= 15 is 0 Å². The average molecular weight is 206 g/mol. The Labute approximate surface area is 91.0 Å². The summed E-state index contributed by atoms with van der Waals surface area (Å²) in [5, 5.41) is 3.43. The highest BCUT2D eigenvalue weighted by atomic mass is 16.5. The number of ether oxygens (including phenoxy) is 1. The van der Waals surface area contributed by atoms with Crippen LogP contribution in [-0.2, 0) is 6.54 Å². The molecule has 0 bridgehead atoms. The van der Waals surface area contributed by atoms with Crippen LogP contribution in [0.15, 0.2) is 18.2 Å². The van der Waals surface area contributed by atoms with Gasteiger partial charge in [-0.2, -0.15) is 0 Å². The molecule has 15 heavy (non-hydrogen) atoms. The summed E-state index contributed by atoms with van der Waals surface area (Å²) in [7, 11) is 5.94. The number of methoxy groups -OCH3 is 1. The minimum Gasteiger partial charge on any atom is -0.497 e. The fourth-order valence-electron chi connectivity index (χ4n) is 2.10. The van der Waals surface area contributed by atoms with Gasteiger partial charge in [0, 0.05) is 19.1 Å². The van der Waals surface area contributed by atoms with Gasteiger partial charge < -0.3 is 15.0 Å². The normalized spacial score (nSPS) is 20.1. The van der Waals surface area contributed by atoms with Gasteiger partial charge in [0.1, 0.15) is 5.75 Å². The number of nitrogens with one attached hydrogen (secondary N) is 1. The highest BCUT2D eigenvalue weighted by Crippen LogP contribution is 2.28. The van der Waals surface area contributed by atoms with Gasteiger partial charge >= 0.3 is 0 Å². The van der Waals surface area contributed by atoms with Crippen molar-refractivity contribution in [1.82, 2.24) is 10.2 Å². The molecule has 0 fully saturated rings. The van der Waals surface area contributed by atoms with Gasteiger partial charge in [-0.3, -0.25) is 0 Å². The molecule has 1 aliphatic heterocycles. The predicted molar refractivity (Wildman–Crippen MR) is 61.1 cm³/mol. The third kappa shape index (κ3) is 1.98. The molecule has 1 aliphatic rings. The molecule has 0 aliphatic carbocycles. The summed E-state index contributed by atoms with van der Waals surface area (Å²) >= 11 is 0. The molecule has 0 amide bonds. The molecule has 3 heteroatoms. The summed E-state index contributed by atoms with van der Waals surface area (Å²) in [5.41, 5.74) is 2.76. The molecule has 2 rings (SSSR count). The minimum atomic E-state index is 0.472. The number of hydrogen-bond donors (Lipinski definition) is 1. The van der Waals surface area contributed by atoms with Crippen molar-refractivity contribution in [3.8, 4) is 5.75 Å². The Bertz CT molecular complexity index is 349. The smallest absolute Gasteiger partial charge is 0.119 e. The topological polar surface area (TPSA) is 24.5 Å². The van der Waals surface area contributed by atoms with Crippen molar-refractivity contribution in [3.05, 3.63) is 29.3 Å². The molecule has 0 saturated heterocycles. The SMILES string of the molecule is COc1ccc2c(c1)CNC[C@H]2N(C)C. The second-order valence-corrected chi connectivity index (χ2v) is 4.18. The zero-order valence-corrected chi connectivity index (χ0v) is 9.58. The van der Waals surface area contributed by atoms with Crippen LogP contribution in [0.25, 0.3) is 0 Å². The third-order valence-corrected chi connectivity index (χ3v) is 2.99. The molecule has 1 N–H and O–H groups in total. The summed E-state index contributed by atoms with van der Waals surface area (Å²) in [4.78, 5) is 2.25. The Balaban J connectivity index is 2.36. The highest BCUT2D eigenvalue weighted by Gasteiger charge is 2.21. The quantitative estimate of drug-likeness (QED) is 0.791. The second kappa shape index (κ2) is 4.21. The molecule has 0 aromatic heterocycles. The van der Waals surface area contributed by atoms with Crippen LogP contribution in [0.4, 0.5) is 0 Å². The van der Waals surface area contributed by atoms with Crippen molar-refractivity contribution in [2.24, 2.45) is 0 Å². The van der Waals surface area contributed by atoms with E-state index in [1.54, 1.807) is 7.11 Å². The summed E-state index contributed by atoms with van der Waals surface area (Å²) < 4.78 is 5.23. The number of benzene rings is 1. The van der Waals surface area contributed by atoms with Gasteiger partial charge in [-0.15, -0.1) is 0 Å². The Morgan fingerprint density at radius 2 is 2.20 bits per heavy atom. The lowest BCUT2D eigenvalue weighted by molar-refractivity contribution is 0.275. The van der Waals surface area contributed by atoms with Crippen molar-refractivity contribution in [2.75, 3.05) is 27.7 Å². The summed E-state index contributed by atoms with van der Waals surface area (Å²) in [6.07, 6.45) is 0. The fourth-order valence-corrected chi connectivity index (χ4v) is 2.10. The zero-order chi connectivity index (χ0) is 10.8. The van der Waals surface area contributed by atoms with Crippen molar-refractivity contribution in [1.29, 1.82) is 0 Å². The van der Waals surface area contributed by atoms with E-state index in [9.17, 15) is 0 Å². The van der Waals surface area contributed by atoms with Crippen LogP contribution in [0.2, 0.25) is 0 Å². The van der Waals surface area contributed by atoms with Crippen LogP contribution in [0.3, 0.4) is 0 Å². The van der Waals surface area contributed by atoms with E-state index in [4.69, 9.17) is 4.74 Å². The first-order valence-corrected chi connectivity index (χ1v) is 5.26. The molecule has 1 atom stereocenters. The molecule has 1 heterocycles. The highest BCUT2D eigenvalue weighted by molar-refractivity contribution is 5.39. The lowest BCUT2D eigenvalue weighted by Crippen LogP contribution is -2.35. The lowest BCUT2D eigenvalue weighted by atomic mass is 9.96. The van der Waals surface area contributed by atoms with E-state index in [2.05, 4.69) is 36.4 Å². The van der Waals surface area contributed by atoms with E-state index < -0.39 is 0 Å². The third-order valence-electron chi connectivity index (χ3n) is 2.99. The van der Waals surface area contributed by atoms with Crippen molar-refractivity contribution in [2.45, 2.75) is 12.6 Å². The molecule has 1 aromatic carbocycles. The predicted octanol–water partition coefficient (Wildman–Crippen LogP) is 1.40. The maximum Gasteiger partial charge on any atom is 0.119 e. The molecule has 0 unspecified atom stereocenters. The standard InChI is InChI=1S/C12H18N2O/c1-14(2)12-8-13-7-9-6-10(15-3)4-5-11(9)12/h4-6,12-13H,7-8H2,1-3H3/t12-/m1/s1. The minimum absolute atomic E-state index is 0.472. The molecule has 0 spiro atoms. The summed E-state index contributed by atoms with van der Waals surface area (Å²) in [6.45, 7) is 1.96. The molecule has 0 radical (unpaired) electrons. The van der Waals surface area contributed by atoms with Crippen LogP contribution >= 0.6 is 0 Å². The molecule has 82 valence electrons. The largest absolute Gasteiger partial charge is 0.497 e. The first kappa shape index (κ1) is 10.5. The maximum absolute atomic E-state index is 5.23. The van der Waals surface area contributed by atoms with E-state index in [-0.39, 0.29) is 0 Å². The molecule has 3 nitrogen and oxygen atoms in total. The Kier molecular flexibility index (Phi) is 2.93. The van der Waals surface area contributed by atoms with Crippen LogP contribution < -0.4 is 10.1 Å². The van der Waals surface area contributed by atoms with Gasteiger partial charge in [0.15, 0.2) is 0 Å². The van der Waals surface area contributed by atoms with Gasteiger partial charge in [-0.25, -0.2) is 0 Å². The van der Waals surface area contributed by atoms with Crippen LogP contribution in [0.5, 0.6) is 5.75 Å². The Hall–Kier alpha value is -1.06. The monoisotopic (exact) mass is 206 g/mol. The van der Waals surface area contributed by atoms with Crippen LogP contribution in [-0.4, -0.2) is 32.6 Å². The van der Waals surface area contributed by atoms with Gasteiger partial charge in [-0.1, -0.05) is 6.07 Å². The summed E-state index contributed by atoms with van der Waals surface area (Å²) in [5.74, 6) is 0.940. The zero-order valence-electron chi connectivity index (χ0n) is 9.58. The van der Waals surface area contributed by atoms with E-state index in [1.807, 2.05) is 6.07 Å². The van der Waals surface area contributed by atoms with Gasteiger partial charge in [0.2, 0.25) is 0 Å².